The van der Waals surface area contributed by atoms with Crippen LogP contribution in [0.25, 0.3) is 11.8 Å². The van der Waals surface area contributed by atoms with Crippen molar-refractivity contribution in [2.75, 3.05) is 7.05 Å². The van der Waals surface area contributed by atoms with Crippen LogP contribution in [0.1, 0.15) is 6.92 Å². The van der Waals surface area contributed by atoms with Gasteiger partial charge in [-0.15, -0.1) is 0 Å². The number of fused-ring (bicyclic) bond motifs is 1. The van der Waals surface area contributed by atoms with Gasteiger partial charge in [0.05, 0.1) is 16.4 Å². The molecule has 0 saturated carbocycles. The first kappa shape index (κ1) is 10.5. The number of imidazole rings is 1. The molecular weight excluding hydrogens is 206 g/mol. The van der Waals surface area contributed by atoms with E-state index in [-0.39, 0.29) is 18.1 Å². The number of hydrogen-bond donors (Lipinski definition) is 1. The Morgan fingerprint density at radius 2 is 2.12 bits per heavy atom. The number of rotatable bonds is 1. The van der Waals surface area contributed by atoms with Crippen molar-refractivity contribution in [3.63, 3.8) is 0 Å². The first-order chi connectivity index (χ1) is 7.60. The number of nitrogens with zero attached hydrogens (tertiary/aromatic N) is 2. The molecule has 0 aromatic carbocycles. The number of aromatic nitrogens is 2. The van der Waals surface area contributed by atoms with E-state index in [1.165, 1.54) is 9.47 Å². The molecule has 0 bridgehead atoms. The minimum Gasteiger partial charge on any atom is -0.312 e. The van der Waals surface area contributed by atoms with Gasteiger partial charge in [-0.05, 0) is 13.0 Å². The Balaban J connectivity index is 3.02. The third kappa shape index (κ3) is 1.25. The van der Waals surface area contributed by atoms with Crippen molar-refractivity contribution < 1.29 is 4.79 Å². The summed E-state index contributed by atoms with van der Waals surface area (Å²) in [5, 5.41) is 1.45. The highest BCUT2D eigenvalue weighted by Gasteiger charge is 2.22. The van der Waals surface area contributed by atoms with Crippen LogP contribution >= 0.6 is 0 Å². The third-order valence-electron chi connectivity index (χ3n) is 2.77. The summed E-state index contributed by atoms with van der Waals surface area (Å²) in [7, 11) is 1.68. The summed E-state index contributed by atoms with van der Waals surface area (Å²) in [5.41, 5.74) is 0.395. The Hall–Kier alpha value is -2.04. The Morgan fingerprint density at radius 1 is 1.44 bits per heavy atom. The van der Waals surface area contributed by atoms with E-state index in [2.05, 4.69) is 11.6 Å². The third-order valence-corrected chi connectivity index (χ3v) is 2.77. The standard InChI is InChI=1S/C11H13N3O2/c1-4-7-10-8(5-2)13(3)9(15)6-14(10)11(16)12-7/h4-5H,2,6H2,1,3H3,(H,12,16)/b7-4+. The number of likely N-dealkylation sites (N-methyl/N-ethyl adjacent to an activating group) is 1. The van der Waals surface area contributed by atoms with Gasteiger partial charge in [0.25, 0.3) is 0 Å². The zero-order valence-electron chi connectivity index (χ0n) is 9.28. The zero-order chi connectivity index (χ0) is 11.9. The quantitative estimate of drug-likeness (QED) is 0.641. The number of carbonyl (C=O) groups is 1. The lowest BCUT2D eigenvalue weighted by molar-refractivity contribution is -0.128. The van der Waals surface area contributed by atoms with Gasteiger partial charge in [-0.25, -0.2) is 4.79 Å². The summed E-state index contributed by atoms with van der Waals surface area (Å²) in [4.78, 5) is 27.5. The fraction of sp³-hybridized carbons (Fsp3) is 0.273. The number of H-pyrrole nitrogens is 1. The molecule has 1 aliphatic rings. The van der Waals surface area contributed by atoms with Gasteiger partial charge in [0.1, 0.15) is 6.54 Å². The van der Waals surface area contributed by atoms with Crippen LogP contribution in [0.3, 0.4) is 0 Å². The number of hydrogen-bond acceptors (Lipinski definition) is 2. The highest BCUT2D eigenvalue weighted by Crippen LogP contribution is 2.05. The van der Waals surface area contributed by atoms with Crippen LogP contribution in [0.15, 0.2) is 17.4 Å². The van der Waals surface area contributed by atoms with Crippen LogP contribution in [0.2, 0.25) is 0 Å². The second kappa shape index (κ2) is 3.52. The average Bonchev–Trinajstić information content (AvgIpc) is 2.58. The monoisotopic (exact) mass is 219 g/mol. The minimum absolute atomic E-state index is 0.0757. The Bertz CT molecular complexity index is 633. The van der Waals surface area contributed by atoms with Gasteiger partial charge in [-0.3, -0.25) is 9.36 Å². The van der Waals surface area contributed by atoms with Crippen molar-refractivity contribution in [2.45, 2.75) is 13.5 Å². The molecule has 1 aromatic rings. The average molecular weight is 219 g/mol. The van der Waals surface area contributed by atoms with Crippen molar-refractivity contribution in [2.24, 2.45) is 0 Å². The van der Waals surface area contributed by atoms with Crippen molar-refractivity contribution in [1.82, 2.24) is 14.5 Å². The molecule has 0 aliphatic carbocycles. The van der Waals surface area contributed by atoms with Gasteiger partial charge in [-0.2, -0.15) is 0 Å². The molecule has 1 amide bonds. The van der Waals surface area contributed by atoms with Crippen LogP contribution in [0.4, 0.5) is 0 Å². The molecule has 84 valence electrons. The Kier molecular flexibility index (Phi) is 2.30. The van der Waals surface area contributed by atoms with Gasteiger partial charge in [0.15, 0.2) is 0 Å². The van der Waals surface area contributed by atoms with E-state index in [1.807, 2.05) is 6.92 Å². The molecule has 0 unspecified atom stereocenters. The molecule has 2 heterocycles. The number of carbonyl (C=O) groups excluding carboxylic acids is 1. The van der Waals surface area contributed by atoms with Gasteiger partial charge in [-0.1, -0.05) is 12.7 Å². The molecule has 5 nitrogen and oxygen atoms in total. The molecule has 1 aliphatic heterocycles. The predicted molar refractivity (Wildman–Crippen MR) is 60.8 cm³/mol. The minimum atomic E-state index is -0.260. The largest absolute Gasteiger partial charge is 0.326 e. The number of amides is 1. The number of aromatic amines is 1. The highest BCUT2D eigenvalue weighted by atomic mass is 16.2. The molecule has 2 rings (SSSR count). The molecule has 0 spiro atoms. The molecule has 16 heavy (non-hydrogen) atoms. The van der Waals surface area contributed by atoms with Crippen molar-refractivity contribution in [3.05, 3.63) is 33.8 Å². The molecule has 0 radical (unpaired) electrons. The van der Waals surface area contributed by atoms with Crippen LogP contribution < -0.4 is 16.4 Å². The van der Waals surface area contributed by atoms with Crippen molar-refractivity contribution >= 4 is 17.7 Å². The smallest absolute Gasteiger partial charge is 0.312 e. The van der Waals surface area contributed by atoms with Crippen LogP contribution in [0, 0.1) is 0 Å². The van der Waals surface area contributed by atoms with E-state index in [1.54, 1.807) is 19.2 Å². The van der Waals surface area contributed by atoms with E-state index >= 15 is 0 Å². The molecule has 0 atom stereocenters. The van der Waals surface area contributed by atoms with E-state index < -0.39 is 0 Å². The first-order valence-corrected chi connectivity index (χ1v) is 4.98. The molecule has 1 N–H and O–H groups in total. The second-order valence-electron chi connectivity index (χ2n) is 3.61. The van der Waals surface area contributed by atoms with Crippen LogP contribution in [-0.2, 0) is 11.3 Å². The van der Waals surface area contributed by atoms with E-state index in [0.29, 0.717) is 5.70 Å². The first-order valence-electron chi connectivity index (χ1n) is 4.98. The summed E-state index contributed by atoms with van der Waals surface area (Å²) < 4.78 is 1.44. The van der Waals surface area contributed by atoms with E-state index in [9.17, 15) is 9.59 Å². The summed E-state index contributed by atoms with van der Waals surface area (Å²) in [6.45, 7) is 5.59. The van der Waals surface area contributed by atoms with E-state index in [4.69, 9.17) is 0 Å². The fourth-order valence-corrected chi connectivity index (χ4v) is 1.89. The maximum atomic E-state index is 11.6. The lowest BCUT2D eigenvalue weighted by Crippen LogP contribution is -2.47. The predicted octanol–water partition coefficient (Wildman–Crippen LogP) is -1.26. The lowest BCUT2D eigenvalue weighted by Gasteiger charge is -2.22. The number of nitrogens with one attached hydrogen (secondary N) is 1. The normalized spacial score (nSPS) is 16.6. The second-order valence-corrected chi connectivity index (χ2v) is 3.61. The van der Waals surface area contributed by atoms with Crippen molar-refractivity contribution in [3.8, 4) is 0 Å². The van der Waals surface area contributed by atoms with Crippen molar-refractivity contribution in [1.29, 1.82) is 0 Å². The van der Waals surface area contributed by atoms with Gasteiger partial charge in [0, 0.05) is 7.05 Å². The van der Waals surface area contributed by atoms with E-state index in [0.717, 1.165) is 10.7 Å². The summed E-state index contributed by atoms with van der Waals surface area (Å²) in [5.74, 6) is -0.119. The van der Waals surface area contributed by atoms with Gasteiger partial charge >= 0.3 is 5.69 Å². The maximum absolute atomic E-state index is 11.6. The van der Waals surface area contributed by atoms with Gasteiger partial charge < -0.3 is 9.88 Å². The topological polar surface area (TPSA) is 58.1 Å². The fourth-order valence-electron chi connectivity index (χ4n) is 1.89. The lowest BCUT2D eigenvalue weighted by atomic mass is 10.2. The molecule has 0 fully saturated rings. The molecule has 5 heteroatoms. The molecule has 0 saturated heterocycles. The molecular formula is C11H13N3O2. The Labute approximate surface area is 92.0 Å². The Morgan fingerprint density at radius 3 is 2.69 bits per heavy atom. The van der Waals surface area contributed by atoms with Crippen LogP contribution in [-0.4, -0.2) is 27.4 Å². The molecule has 1 aromatic heterocycles. The summed E-state index contributed by atoms with van der Waals surface area (Å²) >= 11 is 0. The zero-order valence-corrected chi connectivity index (χ0v) is 9.28. The van der Waals surface area contributed by atoms with Gasteiger partial charge in [0.2, 0.25) is 5.91 Å². The maximum Gasteiger partial charge on any atom is 0.326 e. The summed E-state index contributed by atoms with van der Waals surface area (Å²) in [6, 6.07) is 0. The van der Waals surface area contributed by atoms with Crippen LogP contribution in [0.5, 0.6) is 0 Å². The summed E-state index contributed by atoms with van der Waals surface area (Å²) in [6.07, 6.45) is 3.39. The SMILES string of the molecule is C=CC1=c2/c(=C\C)[nH]c(=O)n2CC(=O)N1C. The highest BCUT2D eigenvalue weighted by molar-refractivity contribution is 5.85.